The van der Waals surface area contributed by atoms with Crippen LogP contribution in [0.2, 0.25) is 0 Å². The van der Waals surface area contributed by atoms with Gasteiger partial charge in [0.15, 0.2) is 0 Å². The summed E-state index contributed by atoms with van der Waals surface area (Å²) in [6.07, 6.45) is 6.48. The number of amides is 4. The van der Waals surface area contributed by atoms with Gasteiger partial charge in [-0.1, -0.05) is 0 Å². The van der Waals surface area contributed by atoms with E-state index in [1.54, 1.807) is 18.3 Å². The molecular formula is C40H48N8O8. The van der Waals surface area contributed by atoms with Crippen molar-refractivity contribution < 1.29 is 38.1 Å². The minimum absolute atomic E-state index is 0.0680. The molecule has 2 N–H and O–H groups in total. The van der Waals surface area contributed by atoms with E-state index < -0.39 is 29.7 Å². The zero-order chi connectivity index (χ0) is 38.9. The number of fused-ring (bicyclic) bond motifs is 2. The van der Waals surface area contributed by atoms with Gasteiger partial charge in [0, 0.05) is 62.8 Å². The first-order valence-corrected chi connectivity index (χ1v) is 19.5. The SMILES string of the molecule is N#Cc1ccc2nc(NC3CCC(N4CCN(CCOCCOCCOCCOc5ccc6c(c5)C(=O)N(C5CCC(=O)NC5=O)C6=O)CC4)CC3)ncc2c1. The maximum Gasteiger partial charge on any atom is 0.262 e. The summed E-state index contributed by atoms with van der Waals surface area (Å²) in [5, 5.41) is 15.7. The Morgan fingerprint density at radius 1 is 0.804 bits per heavy atom. The molecule has 56 heavy (non-hydrogen) atoms. The quantitative estimate of drug-likeness (QED) is 0.151. The summed E-state index contributed by atoms with van der Waals surface area (Å²) < 4.78 is 22.8. The van der Waals surface area contributed by atoms with Gasteiger partial charge in [-0.05, 0) is 68.5 Å². The molecule has 1 aromatic heterocycles. The largest absolute Gasteiger partial charge is 0.491 e. The van der Waals surface area contributed by atoms with Crippen LogP contribution < -0.4 is 15.4 Å². The number of nitriles is 1. The Bertz CT molecular complexity index is 1940. The van der Waals surface area contributed by atoms with Crippen molar-refractivity contribution in [3.8, 4) is 11.8 Å². The molecule has 296 valence electrons. The average Bonchev–Trinajstić information content (AvgIpc) is 3.46. The number of carbonyl (C=O) groups is 4. The summed E-state index contributed by atoms with van der Waals surface area (Å²) >= 11 is 0. The Balaban J connectivity index is 0.684. The summed E-state index contributed by atoms with van der Waals surface area (Å²) in [7, 11) is 0. The first kappa shape index (κ1) is 39.2. The molecule has 16 heteroatoms. The second kappa shape index (κ2) is 18.7. The first-order chi connectivity index (χ1) is 27.4. The van der Waals surface area contributed by atoms with Gasteiger partial charge in [-0.15, -0.1) is 0 Å². The monoisotopic (exact) mass is 768 g/mol. The van der Waals surface area contributed by atoms with Gasteiger partial charge in [-0.25, -0.2) is 9.97 Å². The van der Waals surface area contributed by atoms with Crippen LogP contribution in [-0.4, -0.2) is 145 Å². The van der Waals surface area contributed by atoms with Gasteiger partial charge in [0.05, 0.1) is 67.9 Å². The van der Waals surface area contributed by atoms with E-state index in [4.69, 9.17) is 24.2 Å². The third-order valence-corrected chi connectivity index (χ3v) is 10.9. The summed E-state index contributed by atoms with van der Waals surface area (Å²) in [5.74, 6) is -1.12. The lowest BCUT2D eigenvalue weighted by atomic mass is 9.90. The summed E-state index contributed by atoms with van der Waals surface area (Å²) in [5.41, 5.74) is 1.83. The van der Waals surface area contributed by atoms with Crippen molar-refractivity contribution >= 4 is 40.5 Å². The minimum Gasteiger partial charge on any atom is -0.491 e. The molecule has 4 heterocycles. The lowest BCUT2D eigenvalue weighted by Gasteiger charge is -2.42. The van der Waals surface area contributed by atoms with E-state index in [9.17, 15) is 19.2 Å². The Morgan fingerprint density at radius 3 is 2.25 bits per heavy atom. The zero-order valence-corrected chi connectivity index (χ0v) is 31.5. The molecule has 0 bridgehead atoms. The second-order valence-electron chi connectivity index (χ2n) is 14.4. The number of benzene rings is 2. The normalized spacial score (nSPS) is 21.9. The van der Waals surface area contributed by atoms with Crippen molar-refractivity contribution in [3.05, 3.63) is 59.3 Å². The molecule has 2 aromatic carbocycles. The van der Waals surface area contributed by atoms with Crippen LogP contribution in [0.25, 0.3) is 10.9 Å². The minimum atomic E-state index is -1.01. The van der Waals surface area contributed by atoms with Gasteiger partial charge in [0.2, 0.25) is 17.8 Å². The van der Waals surface area contributed by atoms with E-state index in [1.807, 2.05) is 12.1 Å². The number of nitrogens with one attached hydrogen (secondary N) is 2. The molecule has 1 unspecified atom stereocenters. The van der Waals surface area contributed by atoms with Crippen LogP contribution in [0.3, 0.4) is 0 Å². The van der Waals surface area contributed by atoms with Gasteiger partial charge in [0.25, 0.3) is 11.8 Å². The first-order valence-electron chi connectivity index (χ1n) is 19.5. The second-order valence-corrected chi connectivity index (χ2v) is 14.4. The Kier molecular flexibility index (Phi) is 13.1. The van der Waals surface area contributed by atoms with Gasteiger partial charge in [-0.2, -0.15) is 5.26 Å². The van der Waals surface area contributed by atoms with Crippen molar-refractivity contribution in [3.63, 3.8) is 0 Å². The highest BCUT2D eigenvalue weighted by Gasteiger charge is 2.44. The maximum atomic E-state index is 13.0. The molecule has 3 fully saturated rings. The van der Waals surface area contributed by atoms with Crippen molar-refractivity contribution in [1.82, 2.24) is 30.0 Å². The van der Waals surface area contributed by atoms with Crippen LogP contribution in [0.1, 0.15) is 64.8 Å². The smallest absolute Gasteiger partial charge is 0.262 e. The highest BCUT2D eigenvalue weighted by molar-refractivity contribution is 6.23. The summed E-state index contributed by atoms with van der Waals surface area (Å²) in [4.78, 5) is 64.7. The number of rotatable bonds is 17. The molecule has 3 aliphatic heterocycles. The van der Waals surface area contributed by atoms with Crippen molar-refractivity contribution in [2.24, 2.45) is 0 Å². The number of anilines is 1. The van der Waals surface area contributed by atoms with Crippen LogP contribution >= 0.6 is 0 Å². The Labute approximate surface area is 325 Å². The van der Waals surface area contributed by atoms with Gasteiger partial charge in [-0.3, -0.25) is 39.2 Å². The fourth-order valence-electron chi connectivity index (χ4n) is 7.79. The molecule has 4 amide bonds. The van der Waals surface area contributed by atoms with Crippen molar-refractivity contribution in [2.45, 2.75) is 56.7 Å². The summed E-state index contributed by atoms with van der Waals surface area (Å²) in [6.45, 7) is 8.21. The molecule has 1 aliphatic carbocycles. The van der Waals surface area contributed by atoms with E-state index >= 15 is 0 Å². The topological polar surface area (TPSA) is 189 Å². The fourth-order valence-corrected chi connectivity index (χ4v) is 7.79. The van der Waals surface area contributed by atoms with Gasteiger partial charge >= 0.3 is 0 Å². The van der Waals surface area contributed by atoms with Crippen molar-refractivity contribution in [2.75, 3.05) is 84.3 Å². The van der Waals surface area contributed by atoms with Crippen LogP contribution in [-0.2, 0) is 23.8 Å². The lowest BCUT2D eigenvalue weighted by molar-refractivity contribution is -0.136. The molecule has 2 saturated heterocycles. The number of carbonyl (C=O) groups excluding carboxylic acids is 4. The molecule has 1 saturated carbocycles. The Hall–Kier alpha value is -5.05. The fraction of sp³-hybridized carbons (Fsp3) is 0.525. The third-order valence-electron chi connectivity index (χ3n) is 10.9. The van der Waals surface area contributed by atoms with Crippen LogP contribution in [0.4, 0.5) is 5.95 Å². The molecule has 0 radical (unpaired) electrons. The van der Waals surface area contributed by atoms with Crippen LogP contribution in [0.5, 0.6) is 5.75 Å². The van der Waals surface area contributed by atoms with E-state index in [1.165, 1.54) is 12.1 Å². The molecule has 1 atom stereocenters. The van der Waals surface area contributed by atoms with E-state index in [0.29, 0.717) is 69.0 Å². The average molecular weight is 769 g/mol. The number of aromatic nitrogens is 2. The number of nitrogens with zero attached hydrogens (tertiary/aromatic N) is 6. The molecule has 0 spiro atoms. The van der Waals surface area contributed by atoms with Crippen LogP contribution in [0, 0.1) is 11.3 Å². The number of hydrogen-bond donors (Lipinski definition) is 2. The van der Waals surface area contributed by atoms with Gasteiger partial charge in [0.1, 0.15) is 18.4 Å². The molecule has 16 nitrogen and oxygen atoms in total. The molecule has 7 rings (SSSR count). The van der Waals surface area contributed by atoms with Crippen molar-refractivity contribution in [1.29, 1.82) is 5.26 Å². The van der Waals surface area contributed by atoms with E-state index in [-0.39, 0.29) is 30.6 Å². The number of hydrogen-bond acceptors (Lipinski definition) is 14. The number of ether oxygens (including phenoxy) is 4. The predicted octanol–water partition coefficient (Wildman–Crippen LogP) is 2.37. The molecule has 3 aromatic rings. The number of imide groups is 2. The number of piperidine rings is 1. The lowest BCUT2D eigenvalue weighted by Crippen LogP contribution is -2.54. The van der Waals surface area contributed by atoms with E-state index in [2.05, 4.69) is 36.5 Å². The summed E-state index contributed by atoms with van der Waals surface area (Å²) in [6, 6.07) is 12.2. The van der Waals surface area contributed by atoms with Crippen LogP contribution in [0.15, 0.2) is 42.6 Å². The molecular weight excluding hydrogens is 720 g/mol. The van der Waals surface area contributed by atoms with E-state index in [0.717, 1.165) is 74.2 Å². The zero-order valence-electron chi connectivity index (χ0n) is 31.5. The molecule has 4 aliphatic rings. The number of piperazine rings is 1. The van der Waals surface area contributed by atoms with Gasteiger partial charge < -0.3 is 24.3 Å². The standard InChI is InChI=1S/C40H48N8O8/c41-25-27-1-8-34-28(23-27)26-42-40(44-34)43-29-2-4-30(5-3-29)47-13-11-46(12-14-47)15-16-53-17-18-54-19-20-55-21-22-56-31-6-7-32-33(24-31)39(52)48(38(32)51)35-9-10-36(49)45-37(35)50/h1,6-8,23-24,26,29-30,35H,2-5,9-22H2,(H,42,43,44)(H,45,49,50). The highest BCUT2D eigenvalue weighted by atomic mass is 16.6. The maximum absolute atomic E-state index is 13.0. The highest BCUT2D eigenvalue weighted by Crippen LogP contribution is 2.30. The third kappa shape index (κ3) is 9.66. The Morgan fingerprint density at radius 2 is 1.52 bits per heavy atom. The predicted molar refractivity (Wildman–Crippen MR) is 203 cm³/mol.